The van der Waals surface area contributed by atoms with E-state index in [0.29, 0.717) is 22.9 Å². The van der Waals surface area contributed by atoms with Crippen molar-refractivity contribution in [2.24, 2.45) is 12.2 Å². The van der Waals surface area contributed by atoms with Crippen molar-refractivity contribution in [2.45, 2.75) is 19.7 Å². The van der Waals surface area contributed by atoms with Gasteiger partial charge in [0.15, 0.2) is 0 Å². The molecule has 0 aliphatic rings. The first-order valence-electron chi connectivity index (χ1n) is 10.5. The van der Waals surface area contributed by atoms with Gasteiger partial charge in [0.25, 0.3) is 0 Å². The first kappa shape index (κ1) is 23.8. The standard InChI is InChI=1S/C25H21F3N4O3/c1-17-22(24(32(2)31-17)35-20-6-4-3-5-7-20)15-30-33-16-18-8-11-21(12-9-18)34-23-13-10-19(14-29-23)25(26,27)28/h3-15H,16H2,1-2H3/b30-15+. The number of nitrogens with zero attached hydrogens (tertiary/aromatic N) is 4. The number of pyridine rings is 1. The minimum Gasteiger partial charge on any atom is -0.439 e. The maximum absolute atomic E-state index is 12.6. The Labute approximate surface area is 199 Å². The smallest absolute Gasteiger partial charge is 0.417 e. The minimum absolute atomic E-state index is 0.0620. The van der Waals surface area contributed by atoms with E-state index in [0.717, 1.165) is 23.5 Å². The maximum atomic E-state index is 12.6. The summed E-state index contributed by atoms with van der Waals surface area (Å²) in [5.41, 5.74) is 1.42. The van der Waals surface area contributed by atoms with E-state index in [-0.39, 0.29) is 12.5 Å². The van der Waals surface area contributed by atoms with Crippen LogP contribution in [-0.2, 0) is 24.7 Å². The number of aromatic nitrogens is 3. The molecule has 0 aliphatic carbocycles. The number of halogens is 3. The van der Waals surface area contributed by atoms with Crippen LogP contribution in [0.3, 0.4) is 0 Å². The molecule has 0 bridgehead atoms. The average molecular weight is 482 g/mol. The molecule has 35 heavy (non-hydrogen) atoms. The summed E-state index contributed by atoms with van der Waals surface area (Å²) in [5, 5.41) is 8.42. The first-order valence-corrected chi connectivity index (χ1v) is 10.5. The van der Waals surface area contributed by atoms with Crippen molar-refractivity contribution in [3.05, 3.63) is 95.3 Å². The van der Waals surface area contributed by atoms with Crippen molar-refractivity contribution in [2.75, 3.05) is 0 Å². The Kier molecular flexibility index (Phi) is 7.00. The van der Waals surface area contributed by atoms with E-state index < -0.39 is 11.7 Å². The molecule has 0 fully saturated rings. The van der Waals surface area contributed by atoms with Gasteiger partial charge in [0.05, 0.1) is 23.0 Å². The fraction of sp³-hybridized carbons (Fsp3) is 0.160. The zero-order valence-electron chi connectivity index (χ0n) is 18.9. The second kappa shape index (κ2) is 10.3. The number of benzene rings is 2. The molecule has 0 radical (unpaired) electrons. The van der Waals surface area contributed by atoms with Crippen LogP contribution in [0.5, 0.6) is 23.3 Å². The van der Waals surface area contributed by atoms with Crippen molar-refractivity contribution >= 4 is 6.21 Å². The van der Waals surface area contributed by atoms with Gasteiger partial charge in [0.1, 0.15) is 18.1 Å². The Morgan fingerprint density at radius 1 is 0.943 bits per heavy atom. The van der Waals surface area contributed by atoms with Crippen molar-refractivity contribution in [1.29, 1.82) is 0 Å². The van der Waals surface area contributed by atoms with Crippen LogP contribution in [0, 0.1) is 6.92 Å². The second-order valence-corrected chi connectivity index (χ2v) is 7.48. The summed E-state index contributed by atoms with van der Waals surface area (Å²) < 4.78 is 51.0. The number of aryl methyl sites for hydroxylation is 2. The van der Waals surface area contributed by atoms with Crippen LogP contribution in [0.25, 0.3) is 0 Å². The summed E-state index contributed by atoms with van der Waals surface area (Å²) in [4.78, 5) is 9.10. The normalized spacial score (nSPS) is 11.6. The lowest BCUT2D eigenvalue weighted by Gasteiger charge is -2.08. The predicted octanol–water partition coefficient (Wildman–Crippen LogP) is 6.28. The summed E-state index contributed by atoms with van der Waals surface area (Å²) >= 11 is 0. The number of para-hydroxylation sites is 1. The molecule has 2 aromatic carbocycles. The largest absolute Gasteiger partial charge is 0.439 e. The Morgan fingerprint density at radius 3 is 2.31 bits per heavy atom. The van der Waals surface area contributed by atoms with E-state index in [1.54, 1.807) is 42.2 Å². The molecule has 0 saturated heterocycles. The van der Waals surface area contributed by atoms with Crippen LogP contribution in [0.2, 0.25) is 0 Å². The fourth-order valence-corrected chi connectivity index (χ4v) is 3.11. The first-order chi connectivity index (χ1) is 16.8. The van der Waals surface area contributed by atoms with Crippen LogP contribution in [0.4, 0.5) is 13.2 Å². The van der Waals surface area contributed by atoms with Crippen LogP contribution >= 0.6 is 0 Å². The predicted molar refractivity (Wildman–Crippen MR) is 123 cm³/mol. The minimum atomic E-state index is -4.44. The number of hydrogen-bond donors (Lipinski definition) is 0. The molecule has 0 N–H and O–H groups in total. The van der Waals surface area contributed by atoms with Gasteiger partial charge in [-0.05, 0) is 42.8 Å². The average Bonchev–Trinajstić information content (AvgIpc) is 3.10. The van der Waals surface area contributed by atoms with Crippen molar-refractivity contribution in [3.8, 4) is 23.3 Å². The van der Waals surface area contributed by atoms with Gasteiger partial charge < -0.3 is 14.3 Å². The summed E-state index contributed by atoms with van der Waals surface area (Å²) in [6, 6.07) is 18.3. The third-order valence-corrected chi connectivity index (χ3v) is 4.87. The summed E-state index contributed by atoms with van der Waals surface area (Å²) in [5.74, 6) is 1.71. The van der Waals surface area contributed by atoms with E-state index in [1.165, 1.54) is 6.07 Å². The summed E-state index contributed by atoms with van der Waals surface area (Å²) in [6.07, 6.45) is -2.16. The third-order valence-electron chi connectivity index (χ3n) is 4.87. The maximum Gasteiger partial charge on any atom is 0.417 e. The molecule has 0 atom stereocenters. The monoisotopic (exact) mass is 482 g/mol. The molecule has 0 amide bonds. The molecular weight excluding hydrogens is 461 g/mol. The van der Waals surface area contributed by atoms with Crippen LogP contribution in [-0.4, -0.2) is 21.0 Å². The third kappa shape index (κ3) is 6.17. The molecule has 2 heterocycles. The highest BCUT2D eigenvalue weighted by Gasteiger charge is 2.30. The van der Waals surface area contributed by atoms with E-state index >= 15 is 0 Å². The molecule has 2 aromatic heterocycles. The quantitative estimate of drug-likeness (QED) is 0.218. The van der Waals surface area contributed by atoms with Crippen molar-refractivity contribution in [3.63, 3.8) is 0 Å². The highest BCUT2D eigenvalue weighted by atomic mass is 19.4. The zero-order chi connectivity index (χ0) is 24.8. The molecule has 180 valence electrons. The molecule has 0 aliphatic heterocycles. The Morgan fingerprint density at radius 2 is 1.66 bits per heavy atom. The number of ether oxygens (including phenoxy) is 2. The number of oxime groups is 1. The van der Waals surface area contributed by atoms with E-state index in [4.69, 9.17) is 14.3 Å². The molecule has 0 saturated carbocycles. The number of hydrogen-bond acceptors (Lipinski definition) is 6. The van der Waals surface area contributed by atoms with Gasteiger partial charge in [0.2, 0.25) is 11.8 Å². The second-order valence-electron chi connectivity index (χ2n) is 7.48. The number of rotatable bonds is 8. The number of alkyl halides is 3. The van der Waals surface area contributed by atoms with Crippen molar-refractivity contribution < 1.29 is 27.5 Å². The SMILES string of the molecule is Cc1nn(C)c(Oc2ccccc2)c1/C=N/OCc1ccc(Oc2ccc(C(F)(F)F)cn2)cc1. The Hall–Kier alpha value is -4.34. The lowest BCUT2D eigenvalue weighted by Crippen LogP contribution is -2.05. The lowest BCUT2D eigenvalue weighted by atomic mass is 10.2. The van der Waals surface area contributed by atoms with Gasteiger partial charge in [-0.3, -0.25) is 0 Å². The van der Waals surface area contributed by atoms with Gasteiger partial charge in [-0.1, -0.05) is 35.5 Å². The van der Waals surface area contributed by atoms with E-state index in [9.17, 15) is 13.2 Å². The fourth-order valence-electron chi connectivity index (χ4n) is 3.11. The highest BCUT2D eigenvalue weighted by molar-refractivity contribution is 5.84. The van der Waals surface area contributed by atoms with E-state index in [1.807, 2.05) is 37.3 Å². The molecule has 7 nitrogen and oxygen atoms in total. The van der Waals surface area contributed by atoms with Crippen molar-refractivity contribution in [1.82, 2.24) is 14.8 Å². The van der Waals surface area contributed by atoms with E-state index in [2.05, 4.69) is 15.2 Å². The van der Waals surface area contributed by atoms with Gasteiger partial charge in [0, 0.05) is 19.3 Å². The summed E-state index contributed by atoms with van der Waals surface area (Å²) in [7, 11) is 1.79. The zero-order valence-corrected chi connectivity index (χ0v) is 18.9. The van der Waals surface area contributed by atoms with Gasteiger partial charge in [-0.15, -0.1) is 0 Å². The Balaban J connectivity index is 1.33. The molecule has 4 aromatic rings. The molecule has 10 heteroatoms. The topological polar surface area (TPSA) is 70.8 Å². The Bertz CT molecular complexity index is 1290. The summed E-state index contributed by atoms with van der Waals surface area (Å²) in [6.45, 7) is 2.05. The van der Waals surface area contributed by atoms with Gasteiger partial charge in [-0.2, -0.15) is 18.3 Å². The van der Waals surface area contributed by atoms with Crippen LogP contribution < -0.4 is 9.47 Å². The van der Waals surface area contributed by atoms with Gasteiger partial charge in [-0.25, -0.2) is 9.67 Å². The highest BCUT2D eigenvalue weighted by Crippen LogP contribution is 2.30. The van der Waals surface area contributed by atoms with Crippen LogP contribution in [0.1, 0.15) is 22.4 Å². The molecule has 4 rings (SSSR count). The van der Waals surface area contributed by atoms with Gasteiger partial charge >= 0.3 is 6.18 Å². The molecular formula is C25H21F3N4O3. The lowest BCUT2D eigenvalue weighted by molar-refractivity contribution is -0.137. The molecule has 0 spiro atoms. The van der Waals surface area contributed by atoms with Crippen LogP contribution in [0.15, 0.2) is 78.1 Å². The molecule has 0 unspecified atom stereocenters.